The predicted octanol–water partition coefficient (Wildman–Crippen LogP) is 2.44. The number of hydrogen-bond acceptors (Lipinski definition) is 4. The molecule has 1 N–H and O–H groups in total. The molecule has 0 saturated heterocycles. The Labute approximate surface area is 96.8 Å². The average Bonchev–Trinajstić information content (AvgIpc) is 2.73. The second-order valence-corrected chi connectivity index (χ2v) is 4.80. The Morgan fingerprint density at radius 3 is 2.75 bits per heavy atom. The molecule has 4 nitrogen and oxygen atoms in total. The van der Waals surface area contributed by atoms with Crippen molar-refractivity contribution in [1.82, 2.24) is 15.5 Å². The van der Waals surface area contributed by atoms with Gasteiger partial charge in [-0.3, -0.25) is 0 Å². The Kier molecular flexibility index (Phi) is 3.93. The second kappa shape index (κ2) is 5.43. The lowest BCUT2D eigenvalue weighted by molar-refractivity contribution is 0.278. The highest BCUT2D eigenvalue weighted by atomic mass is 16.5. The zero-order chi connectivity index (χ0) is 11.4. The minimum Gasteiger partial charge on any atom is -0.340 e. The molecule has 1 aliphatic rings. The van der Waals surface area contributed by atoms with E-state index in [1.165, 1.54) is 32.1 Å². The van der Waals surface area contributed by atoms with Crippen LogP contribution in [0.4, 0.5) is 0 Å². The van der Waals surface area contributed by atoms with Crippen molar-refractivity contribution in [3.8, 4) is 0 Å². The van der Waals surface area contributed by atoms with Gasteiger partial charge in [-0.25, -0.2) is 0 Å². The summed E-state index contributed by atoms with van der Waals surface area (Å²) in [5.74, 6) is 2.23. The Morgan fingerprint density at radius 2 is 2.12 bits per heavy atom. The molecule has 90 valence electrons. The van der Waals surface area contributed by atoms with E-state index in [0.29, 0.717) is 11.9 Å². The van der Waals surface area contributed by atoms with Crippen LogP contribution in [0.15, 0.2) is 4.52 Å². The smallest absolute Gasteiger partial charge is 0.223 e. The molecule has 0 bridgehead atoms. The highest BCUT2D eigenvalue weighted by Gasteiger charge is 2.19. The molecule has 0 amide bonds. The molecule has 16 heavy (non-hydrogen) atoms. The molecule has 1 aromatic heterocycles. The van der Waals surface area contributed by atoms with E-state index in [1.807, 2.05) is 6.92 Å². The van der Waals surface area contributed by atoms with Crippen LogP contribution in [0.1, 0.15) is 50.7 Å². The van der Waals surface area contributed by atoms with Crippen LogP contribution in [-0.4, -0.2) is 16.2 Å². The van der Waals surface area contributed by atoms with Crippen molar-refractivity contribution in [2.45, 2.75) is 58.5 Å². The van der Waals surface area contributed by atoms with Crippen molar-refractivity contribution in [3.05, 3.63) is 11.7 Å². The third-order valence-corrected chi connectivity index (χ3v) is 3.51. The van der Waals surface area contributed by atoms with Gasteiger partial charge in [-0.15, -0.1) is 0 Å². The van der Waals surface area contributed by atoms with Crippen LogP contribution in [0.2, 0.25) is 0 Å². The predicted molar refractivity (Wildman–Crippen MR) is 61.9 cm³/mol. The van der Waals surface area contributed by atoms with Gasteiger partial charge in [0.2, 0.25) is 5.89 Å². The van der Waals surface area contributed by atoms with Crippen molar-refractivity contribution >= 4 is 0 Å². The zero-order valence-corrected chi connectivity index (χ0v) is 10.2. The molecule has 0 radical (unpaired) electrons. The molecule has 1 unspecified atom stereocenters. The Morgan fingerprint density at radius 1 is 1.38 bits per heavy atom. The number of hydrogen-bond donors (Lipinski definition) is 1. The van der Waals surface area contributed by atoms with E-state index in [1.54, 1.807) is 0 Å². The summed E-state index contributed by atoms with van der Waals surface area (Å²) in [5, 5.41) is 7.38. The molecule has 0 aliphatic heterocycles. The summed E-state index contributed by atoms with van der Waals surface area (Å²) in [7, 11) is 0. The van der Waals surface area contributed by atoms with Crippen LogP contribution in [-0.2, 0) is 6.54 Å². The Hall–Kier alpha value is -0.900. The fourth-order valence-electron chi connectivity index (χ4n) is 2.47. The third-order valence-electron chi connectivity index (χ3n) is 3.51. The van der Waals surface area contributed by atoms with Gasteiger partial charge in [-0.2, -0.15) is 4.98 Å². The fraction of sp³-hybridized carbons (Fsp3) is 0.833. The van der Waals surface area contributed by atoms with Crippen LogP contribution in [0.5, 0.6) is 0 Å². The quantitative estimate of drug-likeness (QED) is 0.851. The van der Waals surface area contributed by atoms with E-state index in [-0.39, 0.29) is 0 Å². The van der Waals surface area contributed by atoms with E-state index in [4.69, 9.17) is 4.52 Å². The highest BCUT2D eigenvalue weighted by molar-refractivity contribution is 4.85. The SMILES string of the molecule is Cc1nc(CNC(C)C2CCCCC2)no1. The topological polar surface area (TPSA) is 51.0 Å². The van der Waals surface area contributed by atoms with Gasteiger partial charge in [0, 0.05) is 13.0 Å². The van der Waals surface area contributed by atoms with Gasteiger partial charge >= 0.3 is 0 Å². The van der Waals surface area contributed by atoms with Crippen LogP contribution in [0.25, 0.3) is 0 Å². The number of aromatic nitrogens is 2. The summed E-state index contributed by atoms with van der Waals surface area (Å²) >= 11 is 0. The molecule has 1 heterocycles. The number of aryl methyl sites for hydroxylation is 1. The molecule has 1 aliphatic carbocycles. The van der Waals surface area contributed by atoms with Crippen LogP contribution in [0.3, 0.4) is 0 Å². The van der Waals surface area contributed by atoms with E-state index in [9.17, 15) is 0 Å². The van der Waals surface area contributed by atoms with E-state index < -0.39 is 0 Å². The first kappa shape index (κ1) is 11.6. The van der Waals surface area contributed by atoms with E-state index >= 15 is 0 Å². The van der Waals surface area contributed by atoms with Gasteiger partial charge in [0.05, 0.1) is 6.54 Å². The first-order chi connectivity index (χ1) is 7.75. The largest absolute Gasteiger partial charge is 0.340 e. The third kappa shape index (κ3) is 3.04. The minimum absolute atomic E-state index is 0.555. The van der Waals surface area contributed by atoms with Crippen LogP contribution in [0, 0.1) is 12.8 Å². The van der Waals surface area contributed by atoms with Crippen molar-refractivity contribution in [1.29, 1.82) is 0 Å². The number of rotatable bonds is 4. The van der Waals surface area contributed by atoms with Gasteiger partial charge in [0.25, 0.3) is 0 Å². The molecule has 2 rings (SSSR count). The summed E-state index contributed by atoms with van der Waals surface area (Å²) < 4.78 is 4.94. The lowest BCUT2D eigenvalue weighted by Gasteiger charge is -2.28. The van der Waals surface area contributed by atoms with Gasteiger partial charge in [0.1, 0.15) is 0 Å². The van der Waals surface area contributed by atoms with Crippen molar-refractivity contribution in [2.75, 3.05) is 0 Å². The average molecular weight is 223 g/mol. The second-order valence-electron chi connectivity index (χ2n) is 4.80. The van der Waals surface area contributed by atoms with Crippen LogP contribution < -0.4 is 5.32 Å². The normalized spacial score (nSPS) is 19.9. The molecule has 0 spiro atoms. The number of nitrogens with zero attached hydrogens (tertiary/aromatic N) is 2. The van der Waals surface area contributed by atoms with Crippen molar-refractivity contribution in [3.63, 3.8) is 0 Å². The molecule has 0 aromatic carbocycles. The van der Waals surface area contributed by atoms with Gasteiger partial charge in [-0.05, 0) is 25.7 Å². The standard InChI is InChI=1S/C12H21N3O/c1-9(11-6-4-3-5-7-11)13-8-12-14-10(2)16-15-12/h9,11,13H,3-8H2,1-2H3. The lowest BCUT2D eigenvalue weighted by Crippen LogP contribution is -2.34. The first-order valence-electron chi connectivity index (χ1n) is 6.28. The minimum atomic E-state index is 0.555. The molecular weight excluding hydrogens is 202 g/mol. The summed E-state index contributed by atoms with van der Waals surface area (Å²) in [6.45, 7) is 4.80. The molecule has 1 atom stereocenters. The van der Waals surface area contributed by atoms with Gasteiger partial charge in [0.15, 0.2) is 5.82 Å². The lowest BCUT2D eigenvalue weighted by atomic mass is 9.84. The van der Waals surface area contributed by atoms with Gasteiger partial charge < -0.3 is 9.84 Å². The first-order valence-corrected chi connectivity index (χ1v) is 6.28. The maximum absolute atomic E-state index is 4.94. The summed E-state index contributed by atoms with van der Waals surface area (Å²) in [6, 6.07) is 0.555. The fourth-order valence-corrected chi connectivity index (χ4v) is 2.47. The summed E-state index contributed by atoms with van der Waals surface area (Å²) in [6.07, 6.45) is 6.90. The van der Waals surface area contributed by atoms with Crippen LogP contribution >= 0.6 is 0 Å². The Balaban J connectivity index is 1.76. The maximum atomic E-state index is 4.94. The summed E-state index contributed by atoms with van der Waals surface area (Å²) in [4.78, 5) is 4.19. The molecular formula is C12H21N3O. The molecule has 1 aromatic rings. The number of nitrogens with one attached hydrogen (secondary N) is 1. The molecule has 1 fully saturated rings. The molecule has 4 heteroatoms. The van der Waals surface area contributed by atoms with Crippen molar-refractivity contribution in [2.24, 2.45) is 5.92 Å². The Bertz CT molecular complexity index is 318. The molecule has 1 saturated carbocycles. The summed E-state index contributed by atoms with van der Waals surface area (Å²) in [5.41, 5.74) is 0. The van der Waals surface area contributed by atoms with E-state index in [0.717, 1.165) is 18.3 Å². The van der Waals surface area contributed by atoms with Gasteiger partial charge in [-0.1, -0.05) is 24.4 Å². The van der Waals surface area contributed by atoms with E-state index in [2.05, 4.69) is 22.4 Å². The highest BCUT2D eigenvalue weighted by Crippen LogP contribution is 2.26. The van der Waals surface area contributed by atoms with Crippen molar-refractivity contribution < 1.29 is 4.52 Å². The maximum Gasteiger partial charge on any atom is 0.223 e. The zero-order valence-electron chi connectivity index (χ0n) is 10.2. The monoisotopic (exact) mass is 223 g/mol.